The van der Waals surface area contributed by atoms with Crippen molar-refractivity contribution in [2.45, 2.75) is 18.6 Å². The van der Waals surface area contributed by atoms with Gasteiger partial charge in [-0.3, -0.25) is 4.79 Å². The fraction of sp³-hybridized carbons (Fsp3) is 0.500. The Balaban J connectivity index is 2.36. The van der Waals surface area contributed by atoms with E-state index in [9.17, 15) is 13.2 Å². The van der Waals surface area contributed by atoms with E-state index in [1.165, 1.54) is 6.92 Å². The number of rotatable bonds is 5. The second-order valence-electron chi connectivity index (χ2n) is 3.64. The van der Waals surface area contributed by atoms with E-state index in [4.69, 9.17) is 0 Å². The molecule has 0 aliphatic rings. The van der Waals surface area contributed by atoms with Crippen molar-refractivity contribution in [3.63, 3.8) is 0 Å². The van der Waals surface area contributed by atoms with Gasteiger partial charge in [-0.05, 0) is 35.7 Å². The van der Waals surface area contributed by atoms with Crippen LogP contribution in [0.25, 0.3) is 0 Å². The van der Waals surface area contributed by atoms with Crippen LogP contribution in [0.3, 0.4) is 0 Å². The second kappa shape index (κ2) is 5.45. The molecule has 0 spiro atoms. The van der Waals surface area contributed by atoms with E-state index in [1.807, 2.05) is 16.8 Å². The van der Waals surface area contributed by atoms with Gasteiger partial charge in [0.1, 0.15) is 5.25 Å². The zero-order valence-corrected chi connectivity index (χ0v) is 10.9. The predicted octanol–water partition coefficient (Wildman–Crippen LogP) is 0.840. The molecule has 0 saturated heterocycles. The number of hydrogen-bond acceptors (Lipinski definition) is 4. The number of amides is 1. The van der Waals surface area contributed by atoms with Crippen LogP contribution in [0.5, 0.6) is 0 Å². The van der Waals surface area contributed by atoms with Gasteiger partial charge < -0.3 is 5.32 Å². The average Bonchev–Trinajstić information content (AvgIpc) is 2.67. The van der Waals surface area contributed by atoms with Gasteiger partial charge in [0.05, 0.1) is 0 Å². The normalized spacial score (nSPS) is 13.4. The highest BCUT2D eigenvalue weighted by molar-refractivity contribution is 7.92. The lowest BCUT2D eigenvalue weighted by Gasteiger charge is -2.09. The van der Waals surface area contributed by atoms with Crippen molar-refractivity contribution < 1.29 is 13.2 Å². The van der Waals surface area contributed by atoms with Crippen LogP contribution in [-0.2, 0) is 21.1 Å². The van der Waals surface area contributed by atoms with Gasteiger partial charge in [0.2, 0.25) is 5.91 Å². The predicted molar refractivity (Wildman–Crippen MR) is 65.3 cm³/mol. The van der Waals surface area contributed by atoms with Gasteiger partial charge in [-0.25, -0.2) is 8.42 Å². The number of thiophene rings is 1. The molecule has 1 rings (SSSR count). The number of hydrogen-bond donors (Lipinski definition) is 1. The molecule has 0 aliphatic heterocycles. The molecular formula is C10H15NO3S2. The molecule has 1 aromatic heterocycles. The van der Waals surface area contributed by atoms with E-state index >= 15 is 0 Å². The molecular weight excluding hydrogens is 246 g/mol. The van der Waals surface area contributed by atoms with Gasteiger partial charge in [-0.1, -0.05) is 0 Å². The summed E-state index contributed by atoms with van der Waals surface area (Å²) in [5, 5.41) is 5.61. The van der Waals surface area contributed by atoms with E-state index in [2.05, 4.69) is 5.32 Å². The minimum absolute atomic E-state index is 0.433. The summed E-state index contributed by atoms with van der Waals surface area (Å²) < 4.78 is 22.2. The molecule has 0 bridgehead atoms. The lowest BCUT2D eigenvalue weighted by molar-refractivity contribution is -0.120. The van der Waals surface area contributed by atoms with E-state index < -0.39 is 21.0 Å². The third-order valence-corrected chi connectivity index (χ3v) is 4.54. The maximum Gasteiger partial charge on any atom is 0.238 e. The smallest absolute Gasteiger partial charge is 0.238 e. The molecule has 16 heavy (non-hydrogen) atoms. The molecule has 4 nitrogen and oxygen atoms in total. The summed E-state index contributed by atoms with van der Waals surface area (Å²) in [6.07, 6.45) is 1.79. The highest BCUT2D eigenvalue weighted by Gasteiger charge is 2.22. The van der Waals surface area contributed by atoms with Crippen LogP contribution in [0.15, 0.2) is 16.8 Å². The number of carbonyl (C=O) groups is 1. The first-order valence-electron chi connectivity index (χ1n) is 4.89. The summed E-state index contributed by atoms with van der Waals surface area (Å²) in [6.45, 7) is 1.87. The van der Waals surface area contributed by atoms with Gasteiger partial charge >= 0.3 is 0 Å². The number of sulfone groups is 1. The maximum absolute atomic E-state index is 11.4. The van der Waals surface area contributed by atoms with Crippen molar-refractivity contribution in [1.82, 2.24) is 5.32 Å². The van der Waals surface area contributed by atoms with Crippen LogP contribution in [-0.4, -0.2) is 32.4 Å². The van der Waals surface area contributed by atoms with Crippen LogP contribution in [0.4, 0.5) is 0 Å². The molecule has 6 heteroatoms. The fourth-order valence-corrected chi connectivity index (χ4v) is 2.28. The number of carbonyl (C=O) groups excluding carboxylic acids is 1. The first kappa shape index (κ1) is 13.2. The lowest BCUT2D eigenvalue weighted by Crippen LogP contribution is -2.38. The Morgan fingerprint density at radius 2 is 2.25 bits per heavy atom. The average molecular weight is 261 g/mol. The molecule has 1 heterocycles. The standard InChI is InChI=1S/C10H15NO3S2/c1-8(16(2,13)14)10(12)11-5-3-9-4-6-15-7-9/h4,6-8H,3,5H2,1-2H3,(H,11,12)/t8-/m1/s1. The highest BCUT2D eigenvalue weighted by Crippen LogP contribution is 2.05. The first-order chi connectivity index (χ1) is 7.41. The largest absolute Gasteiger partial charge is 0.355 e. The van der Waals surface area contributed by atoms with Crippen LogP contribution in [0.2, 0.25) is 0 Å². The van der Waals surface area contributed by atoms with Gasteiger partial charge in [0, 0.05) is 12.8 Å². The Labute approximate surface area is 99.6 Å². The van der Waals surface area contributed by atoms with E-state index in [-0.39, 0.29) is 0 Å². The summed E-state index contributed by atoms with van der Waals surface area (Å²) in [7, 11) is -3.30. The van der Waals surface area contributed by atoms with Gasteiger partial charge in [-0.15, -0.1) is 0 Å². The summed E-state index contributed by atoms with van der Waals surface area (Å²) in [5.41, 5.74) is 1.15. The third-order valence-electron chi connectivity index (χ3n) is 2.30. The molecule has 0 unspecified atom stereocenters. The van der Waals surface area contributed by atoms with Crippen LogP contribution in [0.1, 0.15) is 12.5 Å². The van der Waals surface area contributed by atoms with E-state index in [0.717, 1.165) is 18.2 Å². The first-order valence-corrected chi connectivity index (χ1v) is 7.78. The zero-order chi connectivity index (χ0) is 12.2. The fourth-order valence-electron chi connectivity index (χ4n) is 1.10. The molecule has 1 N–H and O–H groups in total. The highest BCUT2D eigenvalue weighted by atomic mass is 32.2. The Kier molecular flexibility index (Phi) is 4.49. The Bertz CT molecular complexity index is 437. The van der Waals surface area contributed by atoms with Crippen molar-refractivity contribution in [1.29, 1.82) is 0 Å². The molecule has 0 fully saturated rings. The third kappa shape index (κ3) is 3.94. The van der Waals surface area contributed by atoms with Crippen LogP contribution >= 0.6 is 11.3 Å². The minimum Gasteiger partial charge on any atom is -0.355 e. The Morgan fingerprint density at radius 3 is 2.75 bits per heavy atom. The van der Waals surface area contributed by atoms with Crippen molar-refractivity contribution in [2.75, 3.05) is 12.8 Å². The number of nitrogens with one attached hydrogen (secondary N) is 1. The van der Waals surface area contributed by atoms with Crippen molar-refractivity contribution in [3.05, 3.63) is 22.4 Å². The van der Waals surface area contributed by atoms with Crippen molar-refractivity contribution >= 4 is 27.1 Å². The van der Waals surface area contributed by atoms with Gasteiger partial charge in [-0.2, -0.15) is 11.3 Å². The molecule has 0 aromatic carbocycles. The molecule has 0 saturated carbocycles. The van der Waals surface area contributed by atoms with Crippen molar-refractivity contribution in [3.8, 4) is 0 Å². The molecule has 0 radical (unpaired) electrons. The monoisotopic (exact) mass is 261 g/mol. The van der Waals surface area contributed by atoms with E-state index in [1.54, 1.807) is 11.3 Å². The summed E-state index contributed by atoms with van der Waals surface area (Å²) in [5.74, 6) is -0.433. The quantitative estimate of drug-likeness (QED) is 0.854. The van der Waals surface area contributed by atoms with Gasteiger partial charge in [0.15, 0.2) is 9.84 Å². The molecule has 1 atom stereocenters. The molecule has 90 valence electrons. The second-order valence-corrected chi connectivity index (χ2v) is 6.79. The SMILES string of the molecule is C[C@H](C(=O)NCCc1ccsc1)S(C)(=O)=O. The van der Waals surface area contributed by atoms with E-state index in [0.29, 0.717) is 6.54 Å². The summed E-state index contributed by atoms with van der Waals surface area (Å²) >= 11 is 1.60. The lowest BCUT2D eigenvalue weighted by atomic mass is 10.2. The van der Waals surface area contributed by atoms with Crippen molar-refractivity contribution in [2.24, 2.45) is 0 Å². The van der Waals surface area contributed by atoms with Crippen LogP contribution < -0.4 is 5.32 Å². The zero-order valence-electron chi connectivity index (χ0n) is 9.26. The Hall–Kier alpha value is -0.880. The summed E-state index contributed by atoms with van der Waals surface area (Å²) in [6, 6.07) is 1.98. The molecule has 0 aliphatic carbocycles. The topological polar surface area (TPSA) is 63.2 Å². The minimum atomic E-state index is -3.30. The molecule has 1 amide bonds. The summed E-state index contributed by atoms with van der Waals surface area (Å²) in [4.78, 5) is 11.4. The molecule has 1 aromatic rings. The van der Waals surface area contributed by atoms with Gasteiger partial charge in [0.25, 0.3) is 0 Å². The maximum atomic E-state index is 11.4. The Morgan fingerprint density at radius 1 is 1.56 bits per heavy atom. The van der Waals surface area contributed by atoms with Crippen LogP contribution in [0, 0.1) is 0 Å².